The number of epoxide rings is 1. The lowest BCUT2D eigenvalue weighted by Gasteiger charge is -2.71. The molecule has 0 aromatic rings. The van der Waals surface area contributed by atoms with Crippen LogP contribution in [0.1, 0.15) is 99.8 Å². The van der Waals surface area contributed by atoms with E-state index in [9.17, 15) is 9.59 Å². The van der Waals surface area contributed by atoms with Crippen LogP contribution in [0.3, 0.4) is 0 Å². The van der Waals surface area contributed by atoms with Gasteiger partial charge in [-0.1, -0.05) is 48.5 Å². The Kier molecular flexibility index (Phi) is 4.99. The van der Waals surface area contributed by atoms with Gasteiger partial charge in [0.1, 0.15) is 6.10 Å². The fraction of sp³-hybridized carbons (Fsp3) is 0.935. The van der Waals surface area contributed by atoms with Gasteiger partial charge in [0.15, 0.2) is 5.78 Å². The molecule has 0 bridgehead atoms. The van der Waals surface area contributed by atoms with Crippen LogP contribution in [0.5, 0.6) is 0 Å². The van der Waals surface area contributed by atoms with Gasteiger partial charge < -0.3 is 9.47 Å². The Balaban J connectivity index is 1.42. The van der Waals surface area contributed by atoms with Crippen LogP contribution >= 0.6 is 0 Å². The molecule has 0 radical (unpaired) electrons. The van der Waals surface area contributed by atoms with E-state index in [0.717, 1.165) is 32.1 Å². The quantitative estimate of drug-likeness (QED) is 0.334. The van der Waals surface area contributed by atoms with Gasteiger partial charge in [-0.2, -0.15) is 0 Å². The zero-order valence-corrected chi connectivity index (χ0v) is 23.4. The largest absolute Gasteiger partial charge is 0.469 e. The van der Waals surface area contributed by atoms with Gasteiger partial charge in [0.05, 0.1) is 18.6 Å². The third-order valence-electron chi connectivity index (χ3n) is 14.0. The van der Waals surface area contributed by atoms with Gasteiger partial charge in [0.25, 0.3) is 0 Å². The minimum atomic E-state index is -0.299. The Labute approximate surface area is 212 Å². The molecule has 5 saturated carbocycles. The molecule has 1 saturated heterocycles. The molecule has 0 amide bonds. The summed E-state index contributed by atoms with van der Waals surface area (Å²) in [5, 5.41) is 0. The normalized spacial score (nSPS) is 55.8. The first-order chi connectivity index (χ1) is 16.3. The molecule has 6 aliphatic rings. The average molecular weight is 485 g/mol. The predicted octanol–water partition coefficient (Wildman–Crippen LogP) is 6.45. The first-order valence-corrected chi connectivity index (χ1v) is 14.6. The molecule has 4 nitrogen and oxygen atoms in total. The zero-order valence-electron chi connectivity index (χ0n) is 23.4. The first-order valence-electron chi connectivity index (χ1n) is 14.6. The van der Waals surface area contributed by atoms with Crippen LogP contribution in [0.15, 0.2) is 0 Å². The van der Waals surface area contributed by atoms with E-state index >= 15 is 0 Å². The fourth-order valence-electron chi connectivity index (χ4n) is 12.1. The van der Waals surface area contributed by atoms with Crippen molar-refractivity contribution in [1.29, 1.82) is 0 Å². The van der Waals surface area contributed by atoms with Crippen LogP contribution in [-0.4, -0.2) is 31.1 Å². The van der Waals surface area contributed by atoms with E-state index in [4.69, 9.17) is 9.47 Å². The average Bonchev–Trinajstić information content (AvgIpc) is 3.51. The summed E-state index contributed by atoms with van der Waals surface area (Å²) in [6, 6.07) is 0. The number of carbonyl (C=O) groups excluding carboxylic acids is 2. The number of hydrogen-bond donors (Lipinski definition) is 0. The maximum atomic E-state index is 13.4. The minimum absolute atomic E-state index is 0.0626. The second-order valence-corrected chi connectivity index (χ2v) is 15.2. The lowest BCUT2D eigenvalue weighted by molar-refractivity contribution is -0.236. The second kappa shape index (κ2) is 7.14. The van der Waals surface area contributed by atoms with E-state index < -0.39 is 0 Å². The Bertz CT molecular complexity index is 954. The Morgan fingerprint density at radius 3 is 2.29 bits per heavy atom. The van der Waals surface area contributed by atoms with E-state index in [2.05, 4.69) is 48.5 Å². The Morgan fingerprint density at radius 2 is 1.63 bits per heavy atom. The van der Waals surface area contributed by atoms with Crippen molar-refractivity contribution in [3.63, 3.8) is 0 Å². The molecule has 5 aliphatic carbocycles. The van der Waals surface area contributed by atoms with Gasteiger partial charge >= 0.3 is 5.97 Å². The highest BCUT2D eigenvalue weighted by molar-refractivity contribution is 5.92. The maximum absolute atomic E-state index is 13.4. The molecule has 8 unspecified atom stereocenters. The van der Waals surface area contributed by atoms with Crippen LogP contribution in [0.4, 0.5) is 0 Å². The lowest BCUT2D eigenvalue weighted by atomic mass is 9.32. The van der Waals surface area contributed by atoms with Crippen LogP contribution in [0.2, 0.25) is 0 Å². The number of Topliss-reactive ketones (excluding diaryl/α,β-unsaturated/α-hetero) is 1. The van der Waals surface area contributed by atoms with Gasteiger partial charge in [0, 0.05) is 10.8 Å². The zero-order chi connectivity index (χ0) is 25.3. The number of methoxy groups -OCH3 is 1. The third-order valence-corrected chi connectivity index (χ3v) is 14.0. The molecule has 0 aromatic carbocycles. The van der Waals surface area contributed by atoms with Crippen molar-refractivity contribution in [2.75, 3.05) is 7.11 Å². The van der Waals surface area contributed by atoms with Gasteiger partial charge in [-0.15, -0.1) is 0 Å². The van der Waals surface area contributed by atoms with Crippen molar-refractivity contribution in [2.45, 2.75) is 112 Å². The van der Waals surface area contributed by atoms with Crippen LogP contribution < -0.4 is 0 Å². The summed E-state index contributed by atoms with van der Waals surface area (Å²) in [7, 11) is 1.60. The highest BCUT2D eigenvalue weighted by Crippen LogP contribution is 2.78. The molecule has 35 heavy (non-hydrogen) atoms. The fourth-order valence-corrected chi connectivity index (χ4v) is 12.1. The molecule has 1 aliphatic heterocycles. The highest BCUT2D eigenvalue weighted by atomic mass is 16.6. The summed E-state index contributed by atoms with van der Waals surface area (Å²) in [5.74, 6) is 3.59. The monoisotopic (exact) mass is 484 g/mol. The number of esters is 1. The molecule has 6 fully saturated rings. The van der Waals surface area contributed by atoms with Crippen molar-refractivity contribution in [2.24, 2.45) is 62.6 Å². The molecular formula is C31H48O4. The smallest absolute Gasteiger partial charge is 0.312 e. The first kappa shape index (κ1) is 24.4. The number of rotatable bonds is 2. The van der Waals surface area contributed by atoms with E-state index in [-0.39, 0.29) is 45.3 Å². The number of carbonyl (C=O) groups is 2. The standard InChI is InChI=1S/C31H48O4/c1-17(2)18-11-14-31(26(33)34-8)16-15-28(5)19(22(18)31)9-10-21-29(28,6)13-12-20-27(3,4)24(32)23-25(35-23)30(20,21)7/h17-23,25H,9-16H2,1-8H3/t18?,19?,20?,21?,22?,23-,25-,28+,29?,30?,31?/m0/s1. The summed E-state index contributed by atoms with van der Waals surface area (Å²) in [6.07, 6.45) is 8.96. The molecule has 6 rings (SSSR count). The van der Waals surface area contributed by atoms with E-state index in [1.165, 1.54) is 19.3 Å². The molecule has 11 atom stereocenters. The molecule has 1 heterocycles. The van der Waals surface area contributed by atoms with Crippen molar-refractivity contribution in [1.82, 2.24) is 0 Å². The number of fused-ring (bicyclic) bond motifs is 9. The van der Waals surface area contributed by atoms with Gasteiger partial charge in [-0.05, 0) is 97.7 Å². The molecular weight excluding hydrogens is 436 g/mol. The van der Waals surface area contributed by atoms with Crippen molar-refractivity contribution < 1.29 is 19.1 Å². The highest BCUT2D eigenvalue weighted by Gasteiger charge is 2.77. The van der Waals surface area contributed by atoms with E-state index in [1.54, 1.807) is 7.11 Å². The SMILES string of the molecule is COC(=O)C12CCC(C(C)C)C1C1CCC3C4(C)C(CCC3(C)[C@]1(C)CC2)C(C)(C)C(=O)[C@@H]1O[C@@H]14. The number of hydrogen-bond acceptors (Lipinski definition) is 4. The lowest BCUT2D eigenvalue weighted by Crippen LogP contribution is -2.68. The van der Waals surface area contributed by atoms with Crippen LogP contribution in [0, 0.1) is 62.6 Å². The summed E-state index contributed by atoms with van der Waals surface area (Å²) in [6.45, 7) is 16.8. The maximum Gasteiger partial charge on any atom is 0.312 e. The van der Waals surface area contributed by atoms with E-state index in [1.807, 2.05) is 0 Å². The number of ether oxygens (including phenoxy) is 2. The Morgan fingerprint density at radius 1 is 0.914 bits per heavy atom. The summed E-state index contributed by atoms with van der Waals surface area (Å²) in [4.78, 5) is 26.6. The predicted molar refractivity (Wildman–Crippen MR) is 135 cm³/mol. The minimum Gasteiger partial charge on any atom is -0.469 e. The van der Waals surface area contributed by atoms with Gasteiger partial charge in [-0.25, -0.2) is 0 Å². The summed E-state index contributed by atoms with van der Waals surface area (Å²) < 4.78 is 11.7. The van der Waals surface area contributed by atoms with Gasteiger partial charge in [0.2, 0.25) is 0 Å². The van der Waals surface area contributed by atoms with Crippen molar-refractivity contribution >= 4 is 11.8 Å². The van der Waals surface area contributed by atoms with E-state index in [0.29, 0.717) is 41.3 Å². The third kappa shape index (κ3) is 2.64. The van der Waals surface area contributed by atoms with Crippen LogP contribution in [0.25, 0.3) is 0 Å². The summed E-state index contributed by atoms with van der Waals surface area (Å²) >= 11 is 0. The Hall–Kier alpha value is -0.900. The van der Waals surface area contributed by atoms with Crippen LogP contribution in [-0.2, 0) is 19.1 Å². The topological polar surface area (TPSA) is 55.9 Å². The molecule has 4 heteroatoms. The van der Waals surface area contributed by atoms with Gasteiger partial charge in [-0.3, -0.25) is 9.59 Å². The van der Waals surface area contributed by atoms with Crippen molar-refractivity contribution in [3.05, 3.63) is 0 Å². The van der Waals surface area contributed by atoms with Crippen molar-refractivity contribution in [3.8, 4) is 0 Å². The molecule has 196 valence electrons. The summed E-state index contributed by atoms with van der Waals surface area (Å²) in [5.41, 5.74) is -0.0957. The molecule has 0 spiro atoms. The number of ketones is 1. The second-order valence-electron chi connectivity index (χ2n) is 15.2. The molecule has 0 aromatic heterocycles. The molecule has 0 N–H and O–H groups in total.